The zero-order valence-electron chi connectivity index (χ0n) is 14.5. The molecule has 0 bridgehead atoms. The minimum Gasteiger partial charge on any atom is -0.490 e. The second-order valence-electron chi connectivity index (χ2n) is 5.55. The Hall–Kier alpha value is -2.49. The Bertz CT molecular complexity index is 655. The van der Waals surface area contributed by atoms with Gasteiger partial charge in [0.05, 0.1) is 13.2 Å². The summed E-state index contributed by atoms with van der Waals surface area (Å²) in [6, 6.07) is 15.4. The van der Waals surface area contributed by atoms with Crippen molar-refractivity contribution in [3.63, 3.8) is 0 Å². The van der Waals surface area contributed by atoms with Crippen molar-refractivity contribution in [2.75, 3.05) is 19.8 Å². The van der Waals surface area contributed by atoms with E-state index in [9.17, 15) is 4.79 Å². The monoisotopic (exact) mass is 327 g/mol. The molecule has 24 heavy (non-hydrogen) atoms. The Kier molecular flexibility index (Phi) is 6.67. The zero-order valence-corrected chi connectivity index (χ0v) is 14.5. The molecule has 0 spiro atoms. The molecule has 0 aliphatic carbocycles. The summed E-state index contributed by atoms with van der Waals surface area (Å²) in [6.07, 6.45) is 0. The highest BCUT2D eigenvalue weighted by atomic mass is 16.5. The van der Waals surface area contributed by atoms with Gasteiger partial charge < -0.3 is 14.8 Å². The van der Waals surface area contributed by atoms with Crippen LogP contribution in [0.15, 0.2) is 48.5 Å². The van der Waals surface area contributed by atoms with E-state index in [1.54, 1.807) is 18.2 Å². The van der Waals surface area contributed by atoms with Crippen LogP contribution in [0.5, 0.6) is 11.5 Å². The van der Waals surface area contributed by atoms with Crippen LogP contribution in [0.3, 0.4) is 0 Å². The summed E-state index contributed by atoms with van der Waals surface area (Å²) >= 11 is 0. The van der Waals surface area contributed by atoms with E-state index in [4.69, 9.17) is 9.47 Å². The standard InChI is InChI=1S/C20H25NO3/c1-4-23-18-12-11-17(13-19(18)24-5-2)20(22)21-14-15(3)16-9-7-6-8-10-16/h6-13,15H,4-5,14H2,1-3H3,(H,21,22). The number of carbonyl (C=O) groups is 1. The molecule has 4 heteroatoms. The molecule has 1 unspecified atom stereocenters. The van der Waals surface area contributed by atoms with Crippen molar-refractivity contribution in [3.8, 4) is 11.5 Å². The lowest BCUT2D eigenvalue weighted by Gasteiger charge is -2.15. The molecule has 0 saturated heterocycles. The number of carbonyl (C=O) groups excluding carboxylic acids is 1. The van der Waals surface area contributed by atoms with Crippen LogP contribution in [-0.2, 0) is 0 Å². The Morgan fingerprint density at radius 3 is 2.33 bits per heavy atom. The van der Waals surface area contributed by atoms with Gasteiger partial charge in [0.25, 0.3) is 5.91 Å². The largest absolute Gasteiger partial charge is 0.490 e. The Labute approximate surface area is 143 Å². The highest BCUT2D eigenvalue weighted by molar-refractivity contribution is 5.94. The number of hydrogen-bond acceptors (Lipinski definition) is 3. The van der Waals surface area contributed by atoms with Gasteiger partial charge in [-0.25, -0.2) is 0 Å². The average molecular weight is 327 g/mol. The van der Waals surface area contributed by atoms with Crippen molar-refractivity contribution in [2.24, 2.45) is 0 Å². The molecule has 1 atom stereocenters. The van der Waals surface area contributed by atoms with Gasteiger partial charge in [0.1, 0.15) is 0 Å². The predicted octanol–water partition coefficient (Wildman–Crippen LogP) is 4.02. The third kappa shape index (κ3) is 4.75. The van der Waals surface area contributed by atoms with Gasteiger partial charge in [0.15, 0.2) is 11.5 Å². The summed E-state index contributed by atoms with van der Waals surface area (Å²) in [6.45, 7) is 7.58. The molecule has 0 aromatic heterocycles. The summed E-state index contributed by atoms with van der Waals surface area (Å²) < 4.78 is 11.1. The lowest BCUT2D eigenvalue weighted by Crippen LogP contribution is -2.27. The number of amides is 1. The first kappa shape index (κ1) is 17.9. The van der Waals surface area contributed by atoms with E-state index in [0.717, 1.165) is 0 Å². The van der Waals surface area contributed by atoms with Gasteiger partial charge in [-0.2, -0.15) is 0 Å². The normalized spacial score (nSPS) is 11.6. The molecule has 2 aromatic carbocycles. The summed E-state index contributed by atoms with van der Waals surface area (Å²) in [5, 5.41) is 2.98. The van der Waals surface area contributed by atoms with Crippen molar-refractivity contribution in [3.05, 3.63) is 59.7 Å². The number of nitrogens with one attached hydrogen (secondary N) is 1. The van der Waals surface area contributed by atoms with E-state index in [0.29, 0.717) is 36.8 Å². The summed E-state index contributed by atoms with van der Waals surface area (Å²) in [7, 11) is 0. The Morgan fingerprint density at radius 1 is 1.00 bits per heavy atom. The molecule has 2 rings (SSSR count). The molecule has 0 radical (unpaired) electrons. The Balaban J connectivity index is 2.02. The smallest absolute Gasteiger partial charge is 0.251 e. The van der Waals surface area contributed by atoms with Gasteiger partial charge in [-0.15, -0.1) is 0 Å². The summed E-state index contributed by atoms with van der Waals surface area (Å²) in [5.74, 6) is 1.41. The second-order valence-corrected chi connectivity index (χ2v) is 5.55. The molecule has 0 fully saturated rings. The minimum atomic E-state index is -0.109. The molecule has 2 aromatic rings. The maximum Gasteiger partial charge on any atom is 0.251 e. The van der Waals surface area contributed by atoms with Gasteiger partial charge in [-0.1, -0.05) is 37.3 Å². The quantitative estimate of drug-likeness (QED) is 0.796. The van der Waals surface area contributed by atoms with Gasteiger partial charge in [0, 0.05) is 12.1 Å². The van der Waals surface area contributed by atoms with E-state index in [2.05, 4.69) is 24.4 Å². The Morgan fingerprint density at radius 2 is 1.67 bits per heavy atom. The minimum absolute atomic E-state index is 0.109. The maximum atomic E-state index is 12.4. The fraction of sp³-hybridized carbons (Fsp3) is 0.350. The van der Waals surface area contributed by atoms with E-state index >= 15 is 0 Å². The molecule has 0 heterocycles. The highest BCUT2D eigenvalue weighted by Gasteiger charge is 2.13. The molecule has 0 aliphatic rings. The van der Waals surface area contributed by atoms with Crippen molar-refractivity contribution >= 4 is 5.91 Å². The lowest BCUT2D eigenvalue weighted by atomic mass is 10.0. The predicted molar refractivity (Wildman–Crippen MR) is 96.0 cm³/mol. The fourth-order valence-corrected chi connectivity index (χ4v) is 2.44. The highest BCUT2D eigenvalue weighted by Crippen LogP contribution is 2.28. The van der Waals surface area contributed by atoms with Crippen LogP contribution in [0.2, 0.25) is 0 Å². The van der Waals surface area contributed by atoms with Crippen LogP contribution in [0.4, 0.5) is 0 Å². The molecule has 0 saturated carbocycles. The van der Waals surface area contributed by atoms with Gasteiger partial charge in [-0.05, 0) is 43.5 Å². The molecule has 4 nitrogen and oxygen atoms in total. The second kappa shape index (κ2) is 8.96. The number of benzene rings is 2. The molecular formula is C20H25NO3. The summed E-state index contributed by atoms with van der Waals surface area (Å²) in [5.41, 5.74) is 1.78. The lowest BCUT2D eigenvalue weighted by molar-refractivity contribution is 0.0951. The van der Waals surface area contributed by atoms with Gasteiger partial charge >= 0.3 is 0 Å². The van der Waals surface area contributed by atoms with E-state index in [1.165, 1.54) is 5.56 Å². The molecular weight excluding hydrogens is 302 g/mol. The number of rotatable bonds is 8. The van der Waals surface area contributed by atoms with Crippen LogP contribution >= 0.6 is 0 Å². The van der Waals surface area contributed by atoms with Crippen molar-refractivity contribution in [1.29, 1.82) is 0 Å². The zero-order chi connectivity index (χ0) is 17.4. The van der Waals surface area contributed by atoms with Gasteiger partial charge in [-0.3, -0.25) is 4.79 Å². The summed E-state index contributed by atoms with van der Waals surface area (Å²) in [4.78, 5) is 12.4. The fourth-order valence-electron chi connectivity index (χ4n) is 2.44. The maximum absolute atomic E-state index is 12.4. The molecule has 128 valence electrons. The first-order chi connectivity index (χ1) is 11.7. The first-order valence-electron chi connectivity index (χ1n) is 8.38. The van der Waals surface area contributed by atoms with Crippen LogP contribution in [0, 0.1) is 0 Å². The van der Waals surface area contributed by atoms with Gasteiger partial charge in [0.2, 0.25) is 0 Å². The van der Waals surface area contributed by atoms with Crippen LogP contribution in [0.1, 0.15) is 42.6 Å². The number of hydrogen-bond donors (Lipinski definition) is 1. The SMILES string of the molecule is CCOc1ccc(C(=O)NCC(C)c2ccccc2)cc1OCC. The third-order valence-electron chi connectivity index (χ3n) is 3.74. The molecule has 1 N–H and O–H groups in total. The van der Waals surface area contributed by atoms with Crippen molar-refractivity contribution in [2.45, 2.75) is 26.7 Å². The van der Waals surface area contributed by atoms with E-state index in [-0.39, 0.29) is 11.8 Å². The first-order valence-corrected chi connectivity index (χ1v) is 8.38. The van der Waals surface area contributed by atoms with E-state index < -0.39 is 0 Å². The molecule has 0 aliphatic heterocycles. The molecule has 1 amide bonds. The van der Waals surface area contributed by atoms with Crippen molar-refractivity contribution < 1.29 is 14.3 Å². The topological polar surface area (TPSA) is 47.6 Å². The number of ether oxygens (including phenoxy) is 2. The van der Waals surface area contributed by atoms with Crippen LogP contribution < -0.4 is 14.8 Å². The third-order valence-corrected chi connectivity index (χ3v) is 3.74. The van der Waals surface area contributed by atoms with Crippen molar-refractivity contribution in [1.82, 2.24) is 5.32 Å². The average Bonchev–Trinajstić information content (AvgIpc) is 2.62. The van der Waals surface area contributed by atoms with E-state index in [1.807, 2.05) is 32.0 Å². The van der Waals surface area contributed by atoms with Crippen LogP contribution in [-0.4, -0.2) is 25.7 Å². The van der Waals surface area contributed by atoms with Crippen LogP contribution in [0.25, 0.3) is 0 Å².